The molecule has 0 atom stereocenters. The number of fused-ring (bicyclic) bond motifs is 1. The standard InChI is InChI=1S/C15H13IN4S/c1-20(2)12-6-4-11(5-7-12)18-19-15-17-13-8-3-10(16)9-14(13)21-15/h3-9H,1-2H3/i16-2. The molecule has 1 aromatic heterocycles. The molecule has 0 aliphatic rings. The summed E-state index contributed by atoms with van der Waals surface area (Å²) in [5.41, 5.74) is 2.94. The van der Waals surface area contributed by atoms with E-state index in [0.29, 0.717) is 5.13 Å². The molecule has 106 valence electrons. The van der Waals surface area contributed by atoms with Gasteiger partial charge in [-0.15, -0.1) is 10.2 Å². The zero-order valence-corrected chi connectivity index (χ0v) is 14.6. The lowest BCUT2D eigenvalue weighted by Crippen LogP contribution is -2.07. The number of thiazole rings is 1. The largest absolute Gasteiger partial charge is 0.378 e. The van der Waals surface area contributed by atoms with Crippen LogP contribution in [0.25, 0.3) is 10.2 Å². The van der Waals surface area contributed by atoms with E-state index in [2.05, 4.69) is 48.8 Å². The number of aromatic nitrogens is 1. The number of anilines is 1. The van der Waals surface area contributed by atoms with Crippen LogP contribution in [0.5, 0.6) is 0 Å². The van der Waals surface area contributed by atoms with Crippen LogP contribution in [0.15, 0.2) is 52.7 Å². The number of rotatable bonds is 3. The van der Waals surface area contributed by atoms with Gasteiger partial charge in [0, 0.05) is 23.4 Å². The van der Waals surface area contributed by atoms with Crippen molar-refractivity contribution in [1.29, 1.82) is 0 Å². The molecule has 0 N–H and O–H groups in total. The Morgan fingerprint density at radius 2 is 1.81 bits per heavy atom. The van der Waals surface area contributed by atoms with Gasteiger partial charge in [-0.05, 0) is 65.1 Å². The van der Waals surface area contributed by atoms with Crippen molar-refractivity contribution in [2.75, 3.05) is 19.0 Å². The van der Waals surface area contributed by atoms with Gasteiger partial charge in [-0.1, -0.05) is 11.3 Å². The van der Waals surface area contributed by atoms with Gasteiger partial charge >= 0.3 is 0 Å². The molecule has 0 aliphatic heterocycles. The van der Waals surface area contributed by atoms with E-state index in [1.54, 1.807) is 11.3 Å². The Kier molecular flexibility index (Phi) is 4.16. The van der Waals surface area contributed by atoms with Gasteiger partial charge in [0.25, 0.3) is 0 Å². The lowest BCUT2D eigenvalue weighted by Gasteiger charge is -2.11. The maximum atomic E-state index is 4.46. The van der Waals surface area contributed by atoms with Gasteiger partial charge in [-0.3, -0.25) is 0 Å². The van der Waals surface area contributed by atoms with Gasteiger partial charge in [0.15, 0.2) is 0 Å². The molecular weight excluding hydrogens is 393 g/mol. The van der Waals surface area contributed by atoms with Crippen molar-refractivity contribution in [3.8, 4) is 0 Å². The summed E-state index contributed by atoms with van der Waals surface area (Å²) < 4.78 is 2.34. The Morgan fingerprint density at radius 1 is 1.05 bits per heavy atom. The molecule has 0 amide bonds. The number of nitrogens with zero attached hydrogens (tertiary/aromatic N) is 4. The highest BCUT2D eigenvalue weighted by Gasteiger charge is 2.03. The summed E-state index contributed by atoms with van der Waals surface area (Å²) >= 11 is 3.85. The van der Waals surface area contributed by atoms with E-state index >= 15 is 0 Å². The van der Waals surface area contributed by atoms with E-state index in [1.807, 2.05) is 50.5 Å². The van der Waals surface area contributed by atoms with Crippen molar-refractivity contribution in [1.82, 2.24) is 4.98 Å². The molecule has 3 aromatic rings. The summed E-state index contributed by atoms with van der Waals surface area (Å²) in [4.78, 5) is 6.51. The Hall–Kier alpha value is -1.54. The van der Waals surface area contributed by atoms with Gasteiger partial charge in [0.1, 0.15) is 0 Å². The highest BCUT2D eigenvalue weighted by molar-refractivity contribution is 14.1. The fourth-order valence-electron chi connectivity index (χ4n) is 1.85. The Morgan fingerprint density at radius 3 is 2.52 bits per heavy atom. The van der Waals surface area contributed by atoms with Crippen molar-refractivity contribution in [3.05, 3.63) is 46.0 Å². The average molecular weight is 406 g/mol. The zero-order valence-electron chi connectivity index (χ0n) is 11.6. The highest BCUT2D eigenvalue weighted by atomic mass is 125. The van der Waals surface area contributed by atoms with Crippen molar-refractivity contribution >= 4 is 60.7 Å². The smallest absolute Gasteiger partial charge is 0.231 e. The lowest BCUT2D eigenvalue weighted by atomic mass is 10.3. The lowest BCUT2D eigenvalue weighted by molar-refractivity contribution is 1.13. The first-order valence-electron chi connectivity index (χ1n) is 6.37. The van der Waals surface area contributed by atoms with Crippen LogP contribution < -0.4 is 4.90 Å². The van der Waals surface area contributed by atoms with Crippen molar-refractivity contribution in [2.45, 2.75) is 0 Å². The predicted octanol–water partition coefficient (Wildman–Crippen LogP) is 5.38. The number of benzene rings is 2. The summed E-state index contributed by atoms with van der Waals surface area (Å²) in [6.45, 7) is 0. The van der Waals surface area contributed by atoms with Crippen LogP contribution in [0.1, 0.15) is 0 Å². The normalized spacial score (nSPS) is 11.4. The maximum Gasteiger partial charge on any atom is 0.231 e. The second-order valence-electron chi connectivity index (χ2n) is 4.72. The first-order chi connectivity index (χ1) is 10.1. The molecule has 0 radical (unpaired) electrons. The van der Waals surface area contributed by atoms with Gasteiger partial charge < -0.3 is 4.90 Å². The molecule has 2 aromatic carbocycles. The molecule has 4 nitrogen and oxygen atoms in total. The molecule has 0 aliphatic carbocycles. The van der Waals surface area contributed by atoms with Crippen LogP contribution in [0.4, 0.5) is 16.5 Å². The molecule has 6 heteroatoms. The molecule has 0 saturated carbocycles. The van der Waals surface area contributed by atoms with Gasteiger partial charge in [0.2, 0.25) is 5.13 Å². The Balaban J connectivity index is 1.83. The topological polar surface area (TPSA) is 40.9 Å². The summed E-state index contributed by atoms with van der Waals surface area (Å²) in [7, 11) is 4.03. The summed E-state index contributed by atoms with van der Waals surface area (Å²) in [5.74, 6) is 0. The third-order valence-electron chi connectivity index (χ3n) is 2.96. The first kappa shape index (κ1) is 14.4. The van der Waals surface area contributed by atoms with Crippen molar-refractivity contribution in [3.63, 3.8) is 0 Å². The van der Waals surface area contributed by atoms with Crippen molar-refractivity contribution < 1.29 is 0 Å². The summed E-state index contributed by atoms with van der Waals surface area (Å²) in [6, 6.07) is 14.1. The molecule has 1 heterocycles. The highest BCUT2D eigenvalue weighted by Crippen LogP contribution is 2.30. The SMILES string of the molecule is CN(C)c1ccc(N=Nc2nc3ccc([125I])cc3s2)cc1. The zero-order chi connectivity index (χ0) is 14.8. The van der Waals surface area contributed by atoms with Crippen molar-refractivity contribution in [2.24, 2.45) is 10.2 Å². The monoisotopic (exact) mass is 406 g/mol. The average Bonchev–Trinajstić information content (AvgIpc) is 2.87. The molecule has 0 saturated heterocycles. The fraction of sp³-hybridized carbons (Fsp3) is 0.133. The van der Waals surface area contributed by atoms with E-state index in [4.69, 9.17) is 0 Å². The van der Waals surface area contributed by atoms with Crippen LogP contribution in [0, 0.1) is 3.57 Å². The van der Waals surface area contributed by atoms with E-state index in [9.17, 15) is 0 Å². The number of hydrogen-bond donors (Lipinski definition) is 0. The third-order valence-corrected chi connectivity index (χ3v) is 4.53. The number of hydrogen-bond acceptors (Lipinski definition) is 5. The summed E-state index contributed by atoms with van der Waals surface area (Å²) in [6.07, 6.45) is 0. The quantitative estimate of drug-likeness (QED) is 0.433. The Labute approximate surface area is 140 Å². The molecular formula is C15H13IN4S. The fourth-order valence-corrected chi connectivity index (χ4v) is 3.38. The van der Waals surface area contributed by atoms with Gasteiger partial charge in [0.05, 0.1) is 15.9 Å². The van der Waals surface area contributed by atoms with Crippen LogP contribution in [0.3, 0.4) is 0 Å². The first-order valence-corrected chi connectivity index (χ1v) is 8.26. The third kappa shape index (κ3) is 3.38. The minimum Gasteiger partial charge on any atom is -0.378 e. The van der Waals surface area contributed by atoms with Gasteiger partial charge in [-0.2, -0.15) is 0 Å². The van der Waals surface area contributed by atoms with Crippen LogP contribution in [-0.2, 0) is 0 Å². The van der Waals surface area contributed by atoms with Crippen LogP contribution >= 0.6 is 33.9 Å². The van der Waals surface area contributed by atoms with E-state index in [-0.39, 0.29) is 0 Å². The second-order valence-corrected chi connectivity index (χ2v) is 6.97. The summed E-state index contributed by atoms with van der Waals surface area (Å²) in [5, 5.41) is 9.17. The van der Waals surface area contributed by atoms with Crippen LogP contribution in [-0.4, -0.2) is 19.1 Å². The minimum absolute atomic E-state index is 0.684. The second kappa shape index (κ2) is 6.07. The van der Waals surface area contributed by atoms with Crippen LogP contribution in [0.2, 0.25) is 0 Å². The molecule has 0 bridgehead atoms. The van der Waals surface area contributed by atoms with Gasteiger partial charge in [-0.25, -0.2) is 4.98 Å². The molecule has 0 fully saturated rings. The minimum atomic E-state index is 0.684. The predicted molar refractivity (Wildman–Crippen MR) is 97.3 cm³/mol. The Bertz CT molecular complexity index is 793. The van der Waals surface area contributed by atoms with E-state index < -0.39 is 0 Å². The van der Waals surface area contributed by atoms with E-state index in [0.717, 1.165) is 21.6 Å². The molecule has 0 unspecified atom stereocenters. The maximum absolute atomic E-state index is 4.46. The molecule has 21 heavy (non-hydrogen) atoms. The molecule has 3 rings (SSSR count). The number of halogens is 1. The molecule has 0 spiro atoms. The number of azo groups is 1. The van der Waals surface area contributed by atoms with E-state index in [1.165, 1.54) is 3.57 Å².